The summed E-state index contributed by atoms with van der Waals surface area (Å²) < 4.78 is 4.98. The maximum Gasteiger partial charge on any atom is 0.105 e. The molecule has 3 N–H and O–H groups in total. The van der Waals surface area contributed by atoms with E-state index in [1.54, 1.807) is 7.11 Å². The minimum absolute atomic E-state index is 0.219. The molecule has 0 amide bonds. The van der Waals surface area contributed by atoms with Crippen molar-refractivity contribution >= 4 is 5.84 Å². The summed E-state index contributed by atoms with van der Waals surface area (Å²) in [6.07, 6.45) is 0. The van der Waals surface area contributed by atoms with Gasteiger partial charge in [0.25, 0.3) is 0 Å². The highest BCUT2D eigenvalue weighted by Crippen LogP contribution is 1.97. The van der Waals surface area contributed by atoms with Gasteiger partial charge in [-0.25, -0.2) is 0 Å². The summed E-state index contributed by atoms with van der Waals surface area (Å²) in [7, 11) is 1.68. The van der Waals surface area contributed by atoms with Gasteiger partial charge in [-0.15, -0.1) is 0 Å². The van der Waals surface area contributed by atoms with Crippen LogP contribution in [0.2, 0.25) is 0 Å². The van der Waals surface area contributed by atoms with E-state index in [4.69, 9.17) is 15.9 Å². The van der Waals surface area contributed by atoms with Crippen LogP contribution in [-0.2, 0) is 4.74 Å². The number of ether oxygens (including phenoxy) is 1. The van der Waals surface area contributed by atoms with Crippen LogP contribution >= 0.6 is 0 Å². The molecule has 78 valence electrons. The van der Waals surface area contributed by atoms with Gasteiger partial charge in [-0.3, -0.25) is 10.3 Å². The van der Waals surface area contributed by atoms with Crippen molar-refractivity contribution in [2.75, 3.05) is 33.4 Å². The van der Waals surface area contributed by atoms with Crippen LogP contribution in [-0.4, -0.2) is 44.1 Å². The van der Waals surface area contributed by atoms with Gasteiger partial charge in [0.05, 0.1) is 13.2 Å². The molecule has 0 aromatic heterocycles. The van der Waals surface area contributed by atoms with Gasteiger partial charge in [-0.05, 0) is 5.92 Å². The van der Waals surface area contributed by atoms with E-state index in [0.29, 0.717) is 19.1 Å². The van der Waals surface area contributed by atoms with E-state index < -0.39 is 0 Å². The third-order valence-electron chi connectivity index (χ3n) is 1.63. The summed E-state index contributed by atoms with van der Waals surface area (Å²) in [6.45, 7) is 7.35. The highest BCUT2D eigenvalue weighted by molar-refractivity contribution is 5.78. The smallest absolute Gasteiger partial charge is 0.105 e. The Kier molecular flexibility index (Phi) is 6.54. The van der Waals surface area contributed by atoms with Crippen molar-refractivity contribution in [3.8, 4) is 0 Å². The molecule has 0 aliphatic heterocycles. The predicted octanol–water partition coefficient (Wildman–Crippen LogP) is 0.527. The van der Waals surface area contributed by atoms with Crippen LogP contribution in [0.25, 0.3) is 0 Å². The molecule has 0 heterocycles. The Bertz CT molecular complexity index is 148. The summed E-state index contributed by atoms with van der Waals surface area (Å²) in [6, 6.07) is 0. The molecule has 0 saturated heterocycles. The second kappa shape index (κ2) is 6.86. The topological polar surface area (TPSA) is 62.3 Å². The standard InChI is InChI=1S/C9H21N3O/c1-8(2)6-12(4-5-13-3)7-9(10)11/h8H,4-7H2,1-3H3,(H3,10,11). The van der Waals surface area contributed by atoms with Gasteiger partial charge < -0.3 is 10.5 Å². The zero-order valence-corrected chi connectivity index (χ0v) is 8.84. The molecule has 0 atom stereocenters. The Balaban J connectivity index is 3.80. The molecule has 0 unspecified atom stereocenters. The first-order valence-corrected chi connectivity index (χ1v) is 4.60. The molecule has 4 heteroatoms. The van der Waals surface area contributed by atoms with Crippen molar-refractivity contribution < 1.29 is 4.74 Å². The lowest BCUT2D eigenvalue weighted by Gasteiger charge is -2.22. The molecule has 0 aromatic rings. The van der Waals surface area contributed by atoms with Gasteiger partial charge in [-0.1, -0.05) is 13.8 Å². The number of hydrogen-bond acceptors (Lipinski definition) is 3. The average molecular weight is 187 g/mol. The van der Waals surface area contributed by atoms with Crippen LogP contribution in [0.15, 0.2) is 0 Å². The molecular formula is C9H21N3O. The highest BCUT2D eigenvalue weighted by atomic mass is 16.5. The fourth-order valence-corrected chi connectivity index (χ4v) is 1.21. The Morgan fingerprint density at radius 3 is 2.54 bits per heavy atom. The maximum absolute atomic E-state index is 7.20. The monoisotopic (exact) mass is 187 g/mol. The number of methoxy groups -OCH3 is 1. The molecule has 0 fully saturated rings. The Hall–Kier alpha value is -0.610. The molecule has 0 rings (SSSR count). The molecule has 0 radical (unpaired) electrons. The number of amidine groups is 1. The van der Waals surface area contributed by atoms with Crippen molar-refractivity contribution in [3.05, 3.63) is 0 Å². The van der Waals surface area contributed by atoms with Crippen LogP contribution in [0, 0.1) is 11.3 Å². The van der Waals surface area contributed by atoms with Crippen molar-refractivity contribution in [1.29, 1.82) is 5.41 Å². The summed E-state index contributed by atoms with van der Waals surface area (Å²) in [5.41, 5.74) is 5.34. The lowest BCUT2D eigenvalue weighted by Crippen LogP contribution is -2.37. The second-order valence-corrected chi connectivity index (χ2v) is 3.65. The van der Waals surface area contributed by atoms with Gasteiger partial charge >= 0.3 is 0 Å². The summed E-state index contributed by atoms with van der Waals surface area (Å²) >= 11 is 0. The lowest BCUT2D eigenvalue weighted by atomic mass is 10.2. The Morgan fingerprint density at radius 2 is 2.15 bits per heavy atom. The number of nitrogens with two attached hydrogens (primary N) is 1. The largest absolute Gasteiger partial charge is 0.387 e. The molecule has 0 bridgehead atoms. The fraction of sp³-hybridized carbons (Fsp3) is 0.889. The predicted molar refractivity (Wildman–Crippen MR) is 55.1 cm³/mol. The molecule has 0 aliphatic rings. The lowest BCUT2D eigenvalue weighted by molar-refractivity contribution is 0.149. The molecule has 0 saturated carbocycles. The normalized spacial score (nSPS) is 11.2. The maximum atomic E-state index is 7.20. The second-order valence-electron chi connectivity index (χ2n) is 3.65. The third kappa shape index (κ3) is 7.74. The number of nitrogens with one attached hydrogen (secondary N) is 1. The van der Waals surface area contributed by atoms with E-state index in [-0.39, 0.29) is 5.84 Å². The average Bonchev–Trinajstić information content (AvgIpc) is 1.98. The first kappa shape index (κ1) is 12.4. The first-order valence-electron chi connectivity index (χ1n) is 4.60. The minimum Gasteiger partial charge on any atom is -0.387 e. The van der Waals surface area contributed by atoms with E-state index >= 15 is 0 Å². The van der Waals surface area contributed by atoms with Gasteiger partial charge in [0, 0.05) is 20.2 Å². The van der Waals surface area contributed by atoms with Crippen LogP contribution in [0.4, 0.5) is 0 Å². The quantitative estimate of drug-likeness (QED) is 0.451. The van der Waals surface area contributed by atoms with Crippen LogP contribution in [0.5, 0.6) is 0 Å². The van der Waals surface area contributed by atoms with E-state index in [1.807, 2.05) is 0 Å². The van der Waals surface area contributed by atoms with Gasteiger partial charge in [0.2, 0.25) is 0 Å². The van der Waals surface area contributed by atoms with Gasteiger partial charge in [0.15, 0.2) is 0 Å². The van der Waals surface area contributed by atoms with Crippen LogP contribution < -0.4 is 5.73 Å². The van der Waals surface area contributed by atoms with Crippen molar-refractivity contribution in [1.82, 2.24) is 4.90 Å². The number of rotatable bonds is 7. The molecular weight excluding hydrogens is 166 g/mol. The number of hydrogen-bond donors (Lipinski definition) is 2. The van der Waals surface area contributed by atoms with Crippen molar-refractivity contribution in [2.45, 2.75) is 13.8 Å². The number of nitrogens with zero attached hydrogens (tertiary/aromatic N) is 1. The SMILES string of the molecule is COCCN(CC(=N)N)CC(C)C. The van der Waals surface area contributed by atoms with Crippen molar-refractivity contribution in [2.24, 2.45) is 11.7 Å². The Labute approximate surface area is 80.6 Å². The Morgan fingerprint density at radius 1 is 1.54 bits per heavy atom. The van der Waals surface area contributed by atoms with E-state index in [0.717, 1.165) is 13.1 Å². The first-order chi connectivity index (χ1) is 6.06. The van der Waals surface area contributed by atoms with Crippen LogP contribution in [0.1, 0.15) is 13.8 Å². The van der Waals surface area contributed by atoms with Crippen molar-refractivity contribution in [3.63, 3.8) is 0 Å². The summed E-state index contributed by atoms with van der Waals surface area (Å²) in [5, 5.41) is 7.20. The molecule has 0 spiro atoms. The highest BCUT2D eigenvalue weighted by Gasteiger charge is 2.07. The molecule has 4 nitrogen and oxygen atoms in total. The zero-order chi connectivity index (χ0) is 10.3. The summed E-state index contributed by atoms with van der Waals surface area (Å²) in [4.78, 5) is 2.14. The van der Waals surface area contributed by atoms with Crippen LogP contribution in [0.3, 0.4) is 0 Å². The summed E-state index contributed by atoms with van der Waals surface area (Å²) in [5.74, 6) is 0.813. The van der Waals surface area contributed by atoms with E-state index in [9.17, 15) is 0 Å². The minimum atomic E-state index is 0.219. The molecule has 13 heavy (non-hydrogen) atoms. The van der Waals surface area contributed by atoms with E-state index in [1.165, 1.54) is 0 Å². The molecule has 0 aliphatic carbocycles. The fourth-order valence-electron chi connectivity index (χ4n) is 1.21. The third-order valence-corrected chi connectivity index (χ3v) is 1.63. The van der Waals surface area contributed by atoms with E-state index in [2.05, 4.69) is 18.7 Å². The molecule has 0 aromatic carbocycles. The van der Waals surface area contributed by atoms with Gasteiger partial charge in [0.1, 0.15) is 5.84 Å². The van der Waals surface area contributed by atoms with Gasteiger partial charge in [-0.2, -0.15) is 0 Å². The zero-order valence-electron chi connectivity index (χ0n) is 8.84.